The van der Waals surface area contributed by atoms with Crippen LogP contribution in [0.4, 0.5) is 9.39 Å². The third kappa shape index (κ3) is 4.65. The minimum absolute atomic E-state index is 0.0320. The highest BCUT2D eigenvalue weighted by atomic mass is 32.2. The summed E-state index contributed by atoms with van der Waals surface area (Å²) in [4.78, 5) is 23.9. The molecule has 10 heteroatoms. The molecule has 0 spiro atoms. The summed E-state index contributed by atoms with van der Waals surface area (Å²) in [6.07, 6.45) is 0. The second-order valence-corrected chi connectivity index (χ2v) is 8.21. The lowest BCUT2D eigenvalue weighted by Crippen LogP contribution is -2.18. The van der Waals surface area contributed by atoms with Crippen LogP contribution in [-0.4, -0.2) is 32.3 Å². The molecule has 156 valence electrons. The Labute approximate surface area is 185 Å². The summed E-state index contributed by atoms with van der Waals surface area (Å²) in [6.45, 7) is 0. The van der Waals surface area contributed by atoms with Crippen LogP contribution in [-0.2, 0) is 4.79 Å². The summed E-state index contributed by atoms with van der Waals surface area (Å²) in [5.74, 6) is -0.667. The highest BCUT2D eigenvalue weighted by molar-refractivity contribution is 7.99. The molecule has 0 atom stereocenters. The van der Waals surface area contributed by atoms with E-state index in [0.717, 1.165) is 5.56 Å². The average Bonchev–Trinajstić information content (AvgIpc) is 3.40. The Morgan fingerprint density at radius 3 is 2.52 bits per heavy atom. The molecule has 0 saturated carbocycles. The quantitative estimate of drug-likeness (QED) is 0.412. The molecular formula is C21H16FN5O2S2. The highest BCUT2D eigenvalue weighted by Crippen LogP contribution is 2.29. The summed E-state index contributed by atoms with van der Waals surface area (Å²) < 4.78 is 15.2. The summed E-state index contributed by atoms with van der Waals surface area (Å²) in [5.41, 5.74) is 7.09. The molecule has 7 nitrogen and oxygen atoms in total. The van der Waals surface area contributed by atoms with E-state index in [1.165, 1.54) is 35.2 Å². The lowest BCUT2D eigenvalue weighted by Gasteiger charge is -2.10. The van der Waals surface area contributed by atoms with Gasteiger partial charge >= 0.3 is 0 Å². The van der Waals surface area contributed by atoms with Gasteiger partial charge in [0.1, 0.15) is 10.8 Å². The standard InChI is InChI=1S/C21H16FN5O2S2/c22-14-6-8-15(9-7-14)27-19(13-4-2-1-3-5-13)25-26-21(27)31-12-17(28)24-20-16(18(23)29)10-11-30-20/h1-11H,12H2,(H2,23,29)(H,24,28). The molecule has 3 N–H and O–H groups in total. The zero-order chi connectivity index (χ0) is 21.8. The zero-order valence-corrected chi connectivity index (χ0v) is 17.6. The van der Waals surface area contributed by atoms with Gasteiger partial charge in [-0.3, -0.25) is 14.2 Å². The molecule has 31 heavy (non-hydrogen) atoms. The largest absolute Gasteiger partial charge is 0.366 e. The Hall–Kier alpha value is -3.50. The molecule has 4 aromatic rings. The number of halogens is 1. The summed E-state index contributed by atoms with van der Waals surface area (Å²) >= 11 is 2.40. The maximum Gasteiger partial charge on any atom is 0.251 e. The number of benzene rings is 2. The normalized spacial score (nSPS) is 10.7. The number of carbonyl (C=O) groups is 2. The number of aromatic nitrogens is 3. The molecule has 2 amide bonds. The zero-order valence-electron chi connectivity index (χ0n) is 16.0. The molecular weight excluding hydrogens is 437 g/mol. The van der Waals surface area contributed by atoms with Crippen molar-refractivity contribution < 1.29 is 14.0 Å². The number of thioether (sulfide) groups is 1. The number of hydrogen-bond acceptors (Lipinski definition) is 6. The predicted octanol–water partition coefficient (Wildman–Crippen LogP) is 3.96. The number of rotatable bonds is 7. The van der Waals surface area contributed by atoms with E-state index in [1.807, 2.05) is 30.3 Å². The molecule has 0 bridgehead atoms. The lowest BCUT2D eigenvalue weighted by atomic mass is 10.2. The van der Waals surface area contributed by atoms with Crippen LogP contribution in [0.5, 0.6) is 0 Å². The SMILES string of the molecule is NC(=O)c1ccsc1NC(=O)CSc1nnc(-c2ccccc2)n1-c1ccc(F)cc1. The molecule has 0 aliphatic carbocycles. The van der Waals surface area contributed by atoms with Crippen molar-refractivity contribution in [3.63, 3.8) is 0 Å². The maximum absolute atomic E-state index is 13.4. The first-order valence-electron chi connectivity index (χ1n) is 9.09. The first-order valence-corrected chi connectivity index (χ1v) is 11.0. The van der Waals surface area contributed by atoms with E-state index in [0.29, 0.717) is 21.7 Å². The number of anilines is 1. The maximum atomic E-state index is 13.4. The fourth-order valence-electron chi connectivity index (χ4n) is 2.85. The van der Waals surface area contributed by atoms with Crippen molar-refractivity contribution >= 4 is 39.9 Å². The molecule has 0 aliphatic rings. The van der Waals surface area contributed by atoms with Crippen molar-refractivity contribution in [1.82, 2.24) is 14.8 Å². The number of nitrogens with one attached hydrogen (secondary N) is 1. The number of amides is 2. The molecule has 2 aromatic carbocycles. The summed E-state index contributed by atoms with van der Waals surface area (Å²) in [6, 6.07) is 17.0. The Kier molecular flexibility index (Phi) is 6.10. The fraction of sp³-hybridized carbons (Fsp3) is 0.0476. The number of carbonyl (C=O) groups excluding carboxylic acids is 2. The van der Waals surface area contributed by atoms with Crippen LogP contribution in [0.2, 0.25) is 0 Å². The Morgan fingerprint density at radius 1 is 1.06 bits per heavy atom. The van der Waals surface area contributed by atoms with E-state index in [-0.39, 0.29) is 23.0 Å². The third-order valence-electron chi connectivity index (χ3n) is 4.27. The van der Waals surface area contributed by atoms with Crippen molar-refractivity contribution in [2.75, 3.05) is 11.1 Å². The van der Waals surface area contributed by atoms with Gasteiger partial charge in [0, 0.05) is 11.3 Å². The van der Waals surface area contributed by atoms with Gasteiger partial charge in [0.25, 0.3) is 5.91 Å². The first kappa shape index (κ1) is 20.8. The number of hydrogen-bond donors (Lipinski definition) is 2. The van der Waals surface area contributed by atoms with E-state index in [9.17, 15) is 14.0 Å². The fourth-order valence-corrected chi connectivity index (χ4v) is 4.41. The van der Waals surface area contributed by atoms with Crippen molar-refractivity contribution in [3.05, 3.63) is 77.4 Å². The summed E-state index contributed by atoms with van der Waals surface area (Å²) in [7, 11) is 0. The third-order valence-corrected chi connectivity index (χ3v) is 6.02. The Bertz CT molecular complexity index is 1220. The minimum Gasteiger partial charge on any atom is -0.366 e. The Morgan fingerprint density at radius 2 is 1.81 bits per heavy atom. The molecule has 2 aromatic heterocycles. The van der Waals surface area contributed by atoms with Gasteiger partial charge in [0.2, 0.25) is 5.91 Å². The number of primary amides is 1. The van der Waals surface area contributed by atoms with Gasteiger partial charge < -0.3 is 11.1 Å². The van der Waals surface area contributed by atoms with Gasteiger partial charge in [-0.2, -0.15) is 0 Å². The van der Waals surface area contributed by atoms with Crippen molar-refractivity contribution in [2.24, 2.45) is 5.73 Å². The molecule has 4 rings (SSSR count). The number of nitrogens with zero attached hydrogens (tertiary/aromatic N) is 3. The van der Waals surface area contributed by atoms with Crippen LogP contribution in [0, 0.1) is 5.82 Å². The number of nitrogens with two attached hydrogens (primary N) is 1. The van der Waals surface area contributed by atoms with Crippen molar-refractivity contribution in [1.29, 1.82) is 0 Å². The topological polar surface area (TPSA) is 103 Å². The van der Waals surface area contributed by atoms with E-state index >= 15 is 0 Å². The minimum atomic E-state index is -0.604. The van der Waals surface area contributed by atoms with E-state index in [4.69, 9.17) is 5.73 Å². The highest BCUT2D eigenvalue weighted by Gasteiger charge is 2.18. The summed E-state index contributed by atoms with van der Waals surface area (Å²) in [5, 5.41) is 13.8. The van der Waals surface area contributed by atoms with Gasteiger partial charge in [-0.05, 0) is 35.7 Å². The lowest BCUT2D eigenvalue weighted by molar-refractivity contribution is -0.113. The van der Waals surface area contributed by atoms with Crippen LogP contribution in [0.25, 0.3) is 17.1 Å². The van der Waals surface area contributed by atoms with Gasteiger partial charge in [0.05, 0.1) is 11.3 Å². The molecule has 0 unspecified atom stereocenters. The first-order chi connectivity index (χ1) is 15.0. The smallest absolute Gasteiger partial charge is 0.251 e. The second kappa shape index (κ2) is 9.11. The number of thiophene rings is 1. The van der Waals surface area contributed by atoms with Crippen LogP contribution < -0.4 is 11.1 Å². The van der Waals surface area contributed by atoms with Gasteiger partial charge in [-0.25, -0.2) is 4.39 Å². The molecule has 0 saturated heterocycles. The van der Waals surface area contributed by atoms with Crippen molar-refractivity contribution in [3.8, 4) is 17.1 Å². The van der Waals surface area contributed by atoms with E-state index < -0.39 is 5.91 Å². The molecule has 0 radical (unpaired) electrons. The molecule has 0 aliphatic heterocycles. The second-order valence-electron chi connectivity index (χ2n) is 6.35. The van der Waals surface area contributed by atoms with Crippen LogP contribution in [0.15, 0.2) is 71.2 Å². The monoisotopic (exact) mass is 453 g/mol. The van der Waals surface area contributed by atoms with Crippen molar-refractivity contribution in [2.45, 2.75) is 5.16 Å². The van der Waals surface area contributed by atoms with E-state index in [2.05, 4.69) is 15.5 Å². The van der Waals surface area contributed by atoms with Gasteiger partial charge in [-0.1, -0.05) is 42.1 Å². The van der Waals surface area contributed by atoms with Gasteiger partial charge in [0.15, 0.2) is 11.0 Å². The average molecular weight is 454 g/mol. The molecule has 0 fully saturated rings. The van der Waals surface area contributed by atoms with Crippen LogP contribution in [0.1, 0.15) is 10.4 Å². The van der Waals surface area contributed by atoms with E-state index in [1.54, 1.807) is 28.1 Å². The molecule has 2 heterocycles. The Balaban J connectivity index is 1.59. The van der Waals surface area contributed by atoms with Gasteiger partial charge in [-0.15, -0.1) is 21.5 Å². The van der Waals surface area contributed by atoms with Crippen LogP contribution >= 0.6 is 23.1 Å². The van der Waals surface area contributed by atoms with Crippen LogP contribution in [0.3, 0.4) is 0 Å². The predicted molar refractivity (Wildman–Crippen MR) is 119 cm³/mol.